The molecule has 5 heteroatoms. The van der Waals surface area contributed by atoms with E-state index in [1.807, 2.05) is 17.5 Å². The first kappa shape index (κ1) is 12.9. The fraction of sp³-hybridized carbons (Fsp3) is 0.667. The van der Waals surface area contributed by atoms with Crippen molar-refractivity contribution in [2.24, 2.45) is 5.92 Å². The average molecular weight is 264 g/mol. The van der Waals surface area contributed by atoms with E-state index in [9.17, 15) is 18.3 Å². The quantitative estimate of drug-likeness (QED) is 0.862. The number of thiophene rings is 1. The first-order valence-corrected chi connectivity index (χ1v) is 6.58. The second kappa shape index (κ2) is 4.61. The maximum absolute atomic E-state index is 12.7. The molecule has 0 bridgehead atoms. The molecule has 2 rings (SSSR count). The fourth-order valence-electron chi connectivity index (χ4n) is 2.52. The molecule has 1 N–H and O–H groups in total. The molecule has 96 valence electrons. The molecule has 1 heterocycles. The molecule has 2 atom stereocenters. The Hall–Kier alpha value is -0.550. The first-order valence-electron chi connectivity index (χ1n) is 5.71. The molecule has 0 aliphatic heterocycles. The van der Waals surface area contributed by atoms with Crippen LogP contribution < -0.4 is 0 Å². The normalized spacial score (nSPS) is 30.5. The second-order valence-corrected chi connectivity index (χ2v) is 5.85. The summed E-state index contributed by atoms with van der Waals surface area (Å²) in [6.45, 7) is 0. The van der Waals surface area contributed by atoms with Gasteiger partial charge in [-0.05, 0) is 37.1 Å². The van der Waals surface area contributed by atoms with Gasteiger partial charge < -0.3 is 5.11 Å². The van der Waals surface area contributed by atoms with Gasteiger partial charge in [0.05, 0.1) is 11.5 Å². The number of alkyl halides is 3. The minimum Gasteiger partial charge on any atom is -0.389 e. The lowest BCUT2D eigenvalue weighted by atomic mass is 9.76. The largest absolute Gasteiger partial charge is 0.391 e. The topological polar surface area (TPSA) is 20.2 Å². The SMILES string of the molecule is OC1(Cc2cccs2)CCCC(C(F)(F)F)C1. The summed E-state index contributed by atoms with van der Waals surface area (Å²) in [5.41, 5.74) is -1.18. The predicted octanol–water partition coefficient (Wildman–Crippen LogP) is 3.77. The average Bonchev–Trinajstić information content (AvgIpc) is 2.68. The molecule has 0 amide bonds. The van der Waals surface area contributed by atoms with E-state index in [0.29, 0.717) is 19.3 Å². The van der Waals surface area contributed by atoms with Gasteiger partial charge in [0.25, 0.3) is 0 Å². The van der Waals surface area contributed by atoms with Crippen LogP contribution in [0.2, 0.25) is 0 Å². The van der Waals surface area contributed by atoms with Gasteiger partial charge in [-0.15, -0.1) is 11.3 Å². The van der Waals surface area contributed by atoms with E-state index in [1.165, 1.54) is 11.3 Å². The van der Waals surface area contributed by atoms with Gasteiger partial charge in [0.2, 0.25) is 0 Å². The van der Waals surface area contributed by atoms with Gasteiger partial charge in [-0.1, -0.05) is 6.07 Å². The minimum atomic E-state index is -4.18. The van der Waals surface area contributed by atoms with Crippen LogP contribution in [0.5, 0.6) is 0 Å². The van der Waals surface area contributed by atoms with Gasteiger partial charge >= 0.3 is 6.18 Å². The Morgan fingerprint density at radius 3 is 2.82 bits per heavy atom. The number of rotatable bonds is 2. The Balaban J connectivity index is 2.05. The molecule has 1 aromatic heterocycles. The van der Waals surface area contributed by atoms with E-state index >= 15 is 0 Å². The summed E-state index contributed by atoms with van der Waals surface area (Å²) >= 11 is 1.48. The maximum Gasteiger partial charge on any atom is 0.391 e. The van der Waals surface area contributed by atoms with Crippen LogP contribution in [0.15, 0.2) is 17.5 Å². The number of hydrogen-bond donors (Lipinski definition) is 1. The molecule has 1 fully saturated rings. The predicted molar refractivity (Wildman–Crippen MR) is 61.0 cm³/mol. The standard InChI is InChI=1S/C12H15F3OS/c13-12(14,15)9-3-1-5-11(16,7-9)8-10-4-2-6-17-10/h2,4,6,9,16H,1,3,5,7-8H2. The number of halogens is 3. The number of hydrogen-bond acceptors (Lipinski definition) is 2. The number of aliphatic hydroxyl groups is 1. The summed E-state index contributed by atoms with van der Waals surface area (Å²) in [4.78, 5) is 0.954. The monoisotopic (exact) mass is 264 g/mol. The third-order valence-corrected chi connectivity index (χ3v) is 4.24. The molecule has 0 radical (unpaired) electrons. The highest BCUT2D eigenvalue weighted by molar-refractivity contribution is 7.09. The summed E-state index contributed by atoms with van der Waals surface area (Å²) in [6.07, 6.45) is -2.92. The fourth-order valence-corrected chi connectivity index (χ4v) is 3.36. The maximum atomic E-state index is 12.7. The highest BCUT2D eigenvalue weighted by Gasteiger charge is 2.46. The summed E-state index contributed by atoms with van der Waals surface area (Å²) in [5.74, 6) is -1.35. The van der Waals surface area contributed by atoms with Gasteiger partial charge in [-0.25, -0.2) is 0 Å². The summed E-state index contributed by atoms with van der Waals surface area (Å²) in [6, 6.07) is 3.72. The minimum absolute atomic E-state index is 0.149. The zero-order valence-corrected chi connectivity index (χ0v) is 10.2. The zero-order valence-electron chi connectivity index (χ0n) is 9.33. The van der Waals surface area contributed by atoms with Crippen molar-refractivity contribution in [1.82, 2.24) is 0 Å². The summed E-state index contributed by atoms with van der Waals surface area (Å²) in [7, 11) is 0. The van der Waals surface area contributed by atoms with Crippen LogP contribution in [-0.4, -0.2) is 16.9 Å². The van der Waals surface area contributed by atoms with Crippen molar-refractivity contribution in [3.05, 3.63) is 22.4 Å². The van der Waals surface area contributed by atoms with Gasteiger partial charge in [0, 0.05) is 11.3 Å². The van der Waals surface area contributed by atoms with Crippen molar-refractivity contribution >= 4 is 11.3 Å². The Morgan fingerprint density at radius 2 is 2.24 bits per heavy atom. The van der Waals surface area contributed by atoms with E-state index in [1.54, 1.807) is 0 Å². The molecule has 17 heavy (non-hydrogen) atoms. The zero-order chi connectivity index (χ0) is 12.5. The molecule has 1 saturated carbocycles. The van der Waals surface area contributed by atoms with Gasteiger partial charge in [-0.2, -0.15) is 13.2 Å². The van der Waals surface area contributed by atoms with Crippen molar-refractivity contribution in [2.45, 2.75) is 43.9 Å². The lowest BCUT2D eigenvalue weighted by molar-refractivity contribution is -0.200. The Bertz CT molecular complexity index is 360. The third kappa shape index (κ3) is 3.22. The van der Waals surface area contributed by atoms with Crippen molar-refractivity contribution in [3.8, 4) is 0 Å². The van der Waals surface area contributed by atoms with Gasteiger partial charge in [0.15, 0.2) is 0 Å². The van der Waals surface area contributed by atoms with Crippen LogP contribution in [-0.2, 0) is 6.42 Å². The molecular formula is C12H15F3OS. The smallest absolute Gasteiger partial charge is 0.389 e. The van der Waals surface area contributed by atoms with Crippen molar-refractivity contribution in [2.75, 3.05) is 0 Å². The van der Waals surface area contributed by atoms with Crippen LogP contribution in [0.3, 0.4) is 0 Å². The van der Waals surface area contributed by atoms with Crippen LogP contribution in [0, 0.1) is 5.92 Å². The van der Waals surface area contributed by atoms with Crippen LogP contribution in [0.1, 0.15) is 30.6 Å². The van der Waals surface area contributed by atoms with E-state index < -0.39 is 17.7 Å². The molecule has 1 aliphatic carbocycles. The Morgan fingerprint density at radius 1 is 1.47 bits per heavy atom. The molecule has 0 aromatic carbocycles. The Kier molecular flexibility index (Phi) is 3.50. The van der Waals surface area contributed by atoms with Crippen LogP contribution >= 0.6 is 11.3 Å². The summed E-state index contributed by atoms with van der Waals surface area (Å²) in [5, 5.41) is 12.2. The van der Waals surface area contributed by atoms with Crippen molar-refractivity contribution < 1.29 is 18.3 Å². The lowest BCUT2D eigenvalue weighted by Gasteiger charge is -2.37. The van der Waals surface area contributed by atoms with Gasteiger partial charge in [-0.3, -0.25) is 0 Å². The van der Waals surface area contributed by atoms with Crippen LogP contribution in [0.4, 0.5) is 13.2 Å². The lowest BCUT2D eigenvalue weighted by Crippen LogP contribution is -2.41. The van der Waals surface area contributed by atoms with Crippen LogP contribution in [0.25, 0.3) is 0 Å². The first-order chi connectivity index (χ1) is 7.89. The van der Waals surface area contributed by atoms with Gasteiger partial charge in [0.1, 0.15) is 0 Å². The molecule has 1 nitrogen and oxygen atoms in total. The molecule has 1 aromatic rings. The van der Waals surface area contributed by atoms with E-state index in [2.05, 4.69) is 0 Å². The molecular weight excluding hydrogens is 249 g/mol. The summed E-state index contributed by atoms with van der Waals surface area (Å²) < 4.78 is 38.0. The van der Waals surface area contributed by atoms with Crippen molar-refractivity contribution in [1.29, 1.82) is 0 Å². The molecule has 0 spiro atoms. The third-order valence-electron chi connectivity index (χ3n) is 3.37. The van der Waals surface area contributed by atoms with E-state index in [0.717, 1.165) is 4.88 Å². The highest BCUT2D eigenvalue weighted by Crippen LogP contribution is 2.43. The van der Waals surface area contributed by atoms with Crippen molar-refractivity contribution in [3.63, 3.8) is 0 Å². The van der Waals surface area contributed by atoms with E-state index in [4.69, 9.17) is 0 Å². The molecule has 2 unspecified atom stereocenters. The Labute approximate surface area is 102 Å². The second-order valence-electron chi connectivity index (χ2n) is 4.82. The highest BCUT2D eigenvalue weighted by atomic mass is 32.1. The molecule has 1 aliphatic rings. The molecule has 0 saturated heterocycles. The van der Waals surface area contributed by atoms with E-state index in [-0.39, 0.29) is 12.8 Å².